The number of nitrogens with one attached hydrogen (secondary N) is 1. The molecule has 0 fully saturated rings. The molecule has 3 aromatic rings. The summed E-state index contributed by atoms with van der Waals surface area (Å²) in [5.74, 6) is 0.0301. The van der Waals surface area contributed by atoms with E-state index >= 15 is 0 Å². The lowest BCUT2D eigenvalue weighted by Gasteiger charge is -2.34. The summed E-state index contributed by atoms with van der Waals surface area (Å²) in [7, 11) is -3.64. The SMILES string of the molecule is CCOc1ccc(N(CCCC(=O)N(Cc2ccc(Cl)cc2Cl)[C@@H](Cc2ccccc2)C(=O)NC(C)(C)C)S(C)(=O)=O)cc1. The number of benzene rings is 3. The highest BCUT2D eigenvalue weighted by Gasteiger charge is 2.32. The zero-order chi connectivity index (χ0) is 32.5. The van der Waals surface area contributed by atoms with Crippen LogP contribution in [0.1, 0.15) is 51.7 Å². The van der Waals surface area contributed by atoms with E-state index in [4.69, 9.17) is 27.9 Å². The Hall–Kier alpha value is -3.27. The van der Waals surface area contributed by atoms with Crippen LogP contribution in [0.4, 0.5) is 5.69 Å². The summed E-state index contributed by atoms with van der Waals surface area (Å²) >= 11 is 12.6. The largest absolute Gasteiger partial charge is 0.494 e. The smallest absolute Gasteiger partial charge is 0.243 e. The van der Waals surface area contributed by atoms with Gasteiger partial charge >= 0.3 is 0 Å². The van der Waals surface area contributed by atoms with Crippen LogP contribution in [0.3, 0.4) is 0 Å². The first-order valence-electron chi connectivity index (χ1n) is 14.5. The number of ether oxygens (including phenoxy) is 1. The first kappa shape index (κ1) is 35.2. The zero-order valence-corrected chi connectivity index (χ0v) is 28.2. The molecule has 2 amide bonds. The van der Waals surface area contributed by atoms with Crippen LogP contribution in [0.15, 0.2) is 72.8 Å². The Balaban J connectivity index is 1.91. The lowest BCUT2D eigenvalue weighted by Crippen LogP contribution is -2.54. The molecule has 8 nitrogen and oxygen atoms in total. The first-order valence-corrected chi connectivity index (χ1v) is 17.1. The molecule has 0 aromatic heterocycles. The Bertz CT molecular complexity index is 1510. The number of carbonyl (C=O) groups is 2. The fourth-order valence-corrected chi connectivity index (χ4v) is 6.15. The topological polar surface area (TPSA) is 96.0 Å². The molecular formula is C33H41Cl2N3O5S. The van der Waals surface area contributed by atoms with Crippen molar-refractivity contribution >= 4 is 50.7 Å². The monoisotopic (exact) mass is 661 g/mol. The van der Waals surface area contributed by atoms with Crippen LogP contribution in [-0.2, 0) is 32.6 Å². The van der Waals surface area contributed by atoms with Gasteiger partial charge in [0.25, 0.3) is 0 Å². The number of halogens is 2. The third-order valence-electron chi connectivity index (χ3n) is 6.71. The number of carbonyl (C=O) groups excluding carboxylic acids is 2. The minimum absolute atomic E-state index is 0.00233. The van der Waals surface area contributed by atoms with Crippen molar-refractivity contribution in [3.05, 3.63) is 94.0 Å². The van der Waals surface area contributed by atoms with Gasteiger partial charge in [-0.05, 0) is 81.6 Å². The summed E-state index contributed by atoms with van der Waals surface area (Å²) in [4.78, 5) is 29.3. The van der Waals surface area contributed by atoms with Gasteiger partial charge in [0.1, 0.15) is 11.8 Å². The van der Waals surface area contributed by atoms with Crippen molar-refractivity contribution in [3.8, 4) is 5.75 Å². The second kappa shape index (κ2) is 15.6. The van der Waals surface area contributed by atoms with Gasteiger partial charge in [-0.25, -0.2) is 8.42 Å². The van der Waals surface area contributed by atoms with Gasteiger partial charge in [0.15, 0.2) is 0 Å². The molecule has 44 heavy (non-hydrogen) atoms. The molecule has 3 aromatic carbocycles. The standard InChI is InChI=1S/C33H41Cl2N3O5S/c1-6-43-28-18-16-27(17-19-28)38(44(5,41)42)20-10-13-31(39)37(23-25-14-15-26(34)22-29(25)35)30(32(40)36-33(2,3)4)21-24-11-8-7-9-12-24/h7-9,11-12,14-19,22,30H,6,10,13,20-21,23H2,1-5H3,(H,36,40)/t30-/m0/s1. The molecule has 0 unspecified atom stereocenters. The zero-order valence-electron chi connectivity index (χ0n) is 25.8. The molecule has 0 spiro atoms. The van der Waals surface area contributed by atoms with Crippen LogP contribution in [0.25, 0.3) is 0 Å². The highest BCUT2D eigenvalue weighted by Crippen LogP contribution is 2.26. The molecule has 0 radical (unpaired) electrons. The van der Waals surface area contributed by atoms with E-state index in [2.05, 4.69) is 5.32 Å². The van der Waals surface area contributed by atoms with Crippen molar-refractivity contribution in [2.24, 2.45) is 0 Å². The molecule has 0 bridgehead atoms. The highest BCUT2D eigenvalue weighted by atomic mass is 35.5. The second-order valence-electron chi connectivity index (χ2n) is 11.6. The number of anilines is 1. The van der Waals surface area contributed by atoms with Crippen molar-refractivity contribution in [2.45, 2.75) is 65.1 Å². The summed E-state index contributed by atoms with van der Waals surface area (Å²) < 4.78 is 32.2. The van der Waals surface area contributed by atoms with Crippen molar-refractivity contribution in [3.63, 3.8) is 0 Å². The maximum Gasteiger partial charge on any atom is 0.243 e. The summed E-state index contributed by atoms with van der Waals surface area (Å²) in [6.45, 7) is 8.15. The normalized spacial score (nSPS) is 12.3. The average molecular weight is 663 g/mol. The molecular weight excluding hydrogens is 621 g/mol. The Morgan fingerprint density at radius 1 is 0.977 bits per heavy atom. The van der Waals surface area contributed by atoms with Crippen LogP contribution < -0.4 is 14.4 Å². The van der Waals surface area contributed by atoms with Gasteiger partial charge < -0.3 is 15.0 Å². The predicted octanol–water partition coefficient (Wildman–Crippen LogP) is 6.49. The van der Waals surface area contributed by atoms with Gasteiger partial charge in [-0.1, -0.05) is 59.6 Å². The molecule has 238 valence electrons. The summed E-state index contributed by atoms with van der Waals surface area (Å²) in [6.07, 6.45) is 1.64. The van der Waals surface area contributed by atoms with Crippen molar-refractivity contribution in [1.29, 1.82) is 0 Å². The van der Waals surface area contributed by atoms with Gasteiger partial charge in [0, 0.05) is 41.5 Å². The Morgan fingerprint density at radius 3 is 2.20 bits per heavy atom. The summed E-state index contributed by atoms with van der Waals surface area (Å²) in [5, 5.41) is 3.86. The van der Waals surface area contributed by atoms with E-state index < -0.39 is 21.6 Å². The number of hydrogen-bond acceptors (Lipinski definition) is 5. The van der Waals surface area contributed by atoms with Crippen LogP contribution in [0.5, 0.6) is 5.75 Å². The molecule has 3 rings (SSSR count). The number of rotatable bonds is 14. The second-order valence-corrected chi connectivity index (χ2v) is 14.3. The molecule has 11 heteroatoms. The number of amides is 2. The molecule has 0 aliphatic carbocycles. The molecule has 1 N–H and O–H groups in total. The van der Waals surface area contributed by atoms with Gasteiger partial charge in [-0.2, -0.15) is 0 Å². The lowest BCUT2D eigenvalue weighted by molar-refractivity contribution is -0.142. The minimum Gasteiger partial charge on any atom is -0.494 e. The Morgan fingerprint density at radius 2 is 1.64 bits per heavy atom. The van der Waals surface area contributed by atoms with Crippen LogP contribution >= 0.6 is 23.2 Å². The van der Waals surface area contributed by atoms with Gasteiger partial charge in [0.2, 0.25) is 21.8 Å². The maximum absolute atomic E-state index is 14.0. The Kier molecular flexibility index (Phi) is 12.5. The van der Waals surface area contributed by atoms with E-state index in [-0.39, 0.29) is 44.2 Å². The van der Waals surface area contributed by atoms with Gasteiger partial charge in [0.05, 0.1) is 18.6 Å². The van der Waals surface area contributed by atoms with Gasteiger partial charge in [-0.15, -0.1) is 0 Å². The fourth-order valence-electron chi connectivity index (χ4n) is 4.72. The maximum atomic E-state index is 14.0. The number of hydrogen-bond donors (Lipinski definition) is 1. The van der Waals surface area contributed by atoms with E-state index in [9.17, 15) is 18.0 Å². The lowest BCUT2D eigenvalue weighted by atomic mass is 10.00. The summed E-state index contributed by atoms with van der Waals surface area (Å²) in [5.41, 5.74) is 1.46. The van der Waals surface area contributed by atoms with E-state index in [1.807, 2.05) is 58.0 Å². The summed E-state index contributed by atoms with van der Waals surface area (Å²) in [6, 6.07) is 20.4. The third-order valence-corrected chi connectivity index (χ3v) is 8.49. The van der Waals surface area contributed by atoms with E-state index in [1.54, 1.807) is 42.5 Å². The number of sulfonamides is 1. The Labute approximate surface area is 271 Å². The van der Waals surface area contributed by atoms with Crippen molar-refractivity contribution < 1.29 is 22.7 Å². The molecule has 0 saturated carbocycles. The fraction of sp³-hybridized carbons (Fsp3) is 0.394. The van der Waals surface area contributed by atoms with E-state index in [0.29, 0.717) is 33.7 Å². The van der Waals surface area contributed by atoms with Crippen molar-refractivity contribution in [1.82, 2.24) is 10.2 Å². The van der Waals surface area contributed by atoms with E-state index in [1.165, 1.54) is 9.21 Å². The molecule has 1 atom stereocenters. The molecule has 0 aliphatic heterocycles. The molecule has 0 saturated heterocycles. The van der Waals surface area contributed by atoms with Crippen LogP contribution in [0, 0.1) is 0 Å². The van der Waals surface area contributed by atoms with Crippen LogP contribution in [0.2, 0.25) is 10.0 Å². The van der Waals surface area contributed by atoms with Gasteiger partial charge in [-0.3, -0.25) is 13.9 Å². The first-order chi connectivity index (χ1) is 20.7. The van der Waals surface area contributed by atoms with Crippen LogP contribution in [-0.4, -0.2) is 56.1 Å². The average Bonchev–Trinajstić information content (AvgIpc) is 2.93. The van der Waals surface area contributed by atoms with E-state index in [0.717, 1.165) is 11.8 Å². The predicted molar refractivity (Wildman–Crippen MR) is 178 cm³/mol. The van der Waals surface area contributed by atoms with Crippen molar-refractivity contribution in [2.75, 3.05) is 23.7 Å². The molecule has 0 aliphatic rings. The minimum atomic E-state index is -3.64. The highest BCUT2D eigenvalue weighted by molar-refractivity contribution is 7.92. The number of nitrogens with zero attached hydrogens (tertiary/aromatic N) is 2. The quantitative estimate of drug-likeness (QED) is 0.213. The third kappa shape index (κ3) is 10.7. The molecule has 0 heterocycles.